The molecular formula is C16H24BrNO. The van der Waals surface area contributed by atoms with Crippen molar-refractivity contribution in [2.45, 2.75) is 39.0 Å². The quantitative estimate of drug-likeness (QED) is 0.869. The maximum absolute atomic E-state index is 5.96. The van der Waals surface area contributed by atoms with Crippen LogP contribution in [0.5, 0.6) is 5.75 Å². The van der Waals surface area contributed by atoms with Crippen LogP contribution in [-0.2, 0) is 0 Å². The number of nitrogens with one attached hydrogen (secondary N) is 1. The molecule has 19 heavy (non-hydrogen) atoms. The van der Waals surface area contributed by atoms with Crippen LogP contribution in [0.1, 0.15) is 44.6 Å². The van der Waals surface area contributed by atoms with E-state index in [0.717, 1.165) is 29.9 Å². The van der Waals surface area contributed by atoms with E-state index in [2.05, 4.69) is 53.3 Å². The Labute approximate surface area is 125 Å². The van der Waals surface area contributed by atoms with Crippen molar-refractivity contribution in [1.82, 2.24) is 5.32 Å². The van der Waals surface area contributed by atoms with E-state index in [1.54, 1.807) is 0 Å². The van der Waals surface area contributed by atoms with Crippen LogP contribution in [0, 0.1) is 5.92 Å². The lowest BCUT2D eigenvalue weighted by atomic mass is 9.99. The molecule has 2 atom stereocenters. The van der Waals surface area contributed by atoms with Gasteiger partial charge in [-0.1, -0.05) is 19.9 Å². The molecule has 1 aromatic rings. The molecule has 0 aromatic heterocycles. The van der Waals surface area contributed by atoms with Crippen molar-refractivity contribution < 1.29 is 4.74 Å². The van der Waals surface area contributed by atoms with Gasteiger partial charge in [0.05, 0.1) is 11.1 Å². The molecule has 0 aliphatic carbocycles. The second kappa shape index (κ2) is 7.30. The Kier molecular flexibility index (Phi) is 5.71. The highest BCUT2D eigenvalue weighted by molar-refractivity contribution is 9.10. The van der Waals surface area contributed by atoms with Gasteiger partial charge in [-0.25, -0.2) is 0 Å². The van der Waals surface area contributed by atoms with Gasteiger partial charge in [0.25, 0.3) is 0 Å². The third kappa shape index (κ3) is 4.22. The predicted octanol–water partition coefficient (Wildman–Crippen LogP) is 4.34. The number of piperidine rings is 1. The molecular weight excluding hydrogens is 302 g/mol. The van der Waals surface area contributed by atoms with Gasteiger partial charge in [0.15, 0.2) is 0 Å². The molecule has 0 unspecified atom stereocenters. The van der Waals surface area contributed by atoms with Gasteiger partial charge >= 0.3 is 0 Å². The first-order valence-corrected chi connectivity index (χ1v) is 8.13. The molecule has 0 saturated carbocycles. The molecule has 3 heteroatoms. The van der Waals surface area contributed by atoms with Crippen molar-refractivity contribution in [3.63, 3.8) is 0 Å². The summed E-state index contributed by atoms with van der Waals surface area (Å²) in [6, 6.07) is 6.48. The van der Waals surface area contributed by atoms with Crippen LogP contribution in [0.3, 0.4) is 0 Å². The molecule has 1 N–H and O–H groups in total. The summed E-state index contributed by atoms with van der Waals surface area (Å²) in [5.41, 5.74) is 1.38. The Hall–Kier alpha value is -0.540. The molecule has 1 heterocycles. The normalized spacial score (nSPS) is 21.1. The molecule has 1 aliphatic heterocycles. The molecule has 2 rings (SSSR count). The van der Waals surface area contributed by atoms with Gasteiger partial charge in [0, 0.05) is 12.5 Å². The molecule has 0 amide bonds. The molecule has 1 saturated heterocycles. The average molecular weight is 326 g/mol. The summed E-state index contributed by atoms with van der Waals surface area (Å²) in [6.07, 6.45) is 3.71. The monoisotopic (exact) mass is 325 g/mol. The largest absolute Gasteiger partial charge is 0.492 e. The van der Waals surface area contributed by atoms with Crippen molar-refractivity contribution in [1.29, 1.82) is 0 Å². The third-order valence-corrected chi connectivity index (χ3v) is 4.63. The number of halogens is 1. The number of benzene rings is 1. The fourth-order valence-corrected chi connectivity index (χ4v) is 2.96. The highest BCUT2D eigenvalue weighted by atomic mass is 79.9. The minimum atomic E-state index is 0.605. The van der Waals surface area contributed by atoms with Crippen molar-refractivity contribution in [2.24, 2.45) is 5.92 Å². The van der Waals surface area contributed by atoms with Crippen molar-refractivity contribution in [3.8, 4) is 5.75 Å². The first kappa shape index (κ1) is 14.9. The lowest BCUT2D eigenvalue weighted by Gasteiger charge is -2.23. The predicted molar refractivity (Wildman–Crippen MR) is 83.9 cm³/mol. The maximum Gasteiger partial charge on any atom is 0.133 e. The van der Waals surface area contributed by atoms with Crippen LogP contribution >= 0.6 is 15.9 Å². The zero-order valence-electron chi connectivity index (χ0n) is 11.9. The second-order valence-electron chi connectivity index (χ2n) is 5.52. The SMILES string of the molecule is CC[C@H](C)c1ccc(OC[C@H]2CCCNC2)c(Br)c1. The molecule has 0 bridgehead atoms. The van der Waals surface area contributed by atoms with E-state index < -0.39 is 0 Å². The van der Waals surface area contributed by atoms with Crippen LogP contribution in [0.2, 0.25) is 0 Å². The number of hydrogen-bond acceptors (Lipinski definition) is 2. The molecule has 1 aliphatic rings. The third-order valence-electron chi connectivity index (χ3n) is 4.01. The van der Waals surface area contributed by atoms with Crippen LogP contribution in [0.4, 0.5) is 0 Å². The number of rotatable bonds is 5. The van der Waals surface area contributed by atoms with Crippen molar-refractivity contribution in [3.05, 3.63) is 28.2 Å². The van der Waals surface area contributed by atoms with E-state index in [9.17, 15) is 0 Å². The Morgan fingerprint density at radius 1 is 1.47 bits per heavy atom. The molecule has 0 spiro atoms. The summed E-state index contributed by atoms with van der Waals surface area (Å²) in [6.45, 7) is 7.54. The molecule has 2 nitrogen and oxygen atoms in total. The molecule has 0 radical (unpaired) electrons. The van der Waals surface area contributed by atoms with E-state index in [1.165, 1.54) is 24.8 Å². The second-order valence-corrected chi connectivity index (χ2v) is 6.38. The molecule has 106 valence electrons. The first-order chi connectivity index (χ1) is 9.20. The lowest BCUT2D eigenvalue weighted by molar-refractivity contribution is 0.217. The van der Waals surface area contributed by atoms with Crippen LogP contribution in [-0.4, -0.2) is 19.7 Å². The fourth-order valence-electron chi connectivity index (χ4n) is 2.45. The van der Waals surface area contributed by atoms with E-state index >= 15 is 0 Å². The van der Waals surface area contributed by atoms with Gasteiger partial charge in [-0.3, -0.25) is 0 Å². The van der Waals surface area contributed by atoms with Crippen LogP contribution < -0.4 is 10.1 Å². The van der Waals surface area contributed by atoms with E-state index in [1.807, 2.05) is 0 Å². The summed E-state index contributed by atoms with van der Waals surface area (Å²) in [5.74, 6) is 2.22. The van der Waals surface area contributed by atoms with E-state index in [0.29, 0.717) is 11.8 Å². The standard InChI is InChI=1S/C16H24BrNO/c1-3-12(2)14-6-7-16(15(17)9-14)19-11-13-5-4-8-18-10-13/h6-7,9,12-13,18H,3-5,8,10-11H2,1-2H3/t12-,13-/m0/s1. The molecule has 1 fully saturated rings. The Bertz CT molecular complexity index is 402. The summed E-state index contributed by atoms with van der Waals surface area (Å²) in [5, 5.41) is 3.43. The minimum Gasteiger partial charge on any atom is -0.492 e. The van der Waals surface area contributed by atoms with Gasteiger partial charge in [-0.2, -0.15) is 0 Å². The summed E-state index contributed by atoms with van der Waals surface area (Å²) in [4.78, 5) is 0. The van der Waals surface area contributed by atoms with Crippen molar-refractivity contribution >= 4 is 15.9 Å². The zero-order valence-corrected chi connectivity index (χ0v) is 13.5. The van der Waals surface area contributed by atoms with Crippen LogP contribution in [0.15, 0.2) is 22.7 Å². The van der Waals surface area contributed by atoms with Gasteiger partial charge < -0.3 is 10.1 Å². The first-order valence-electron chi connectivity index (χ1n) is 7.33. The minimum absolute atomic E-state index is 0.605. The smallest absolute Gasteiger partial charge is 0.133 e. The Balaban J connectivity index is 1.93. The Morgan fingerprint density at radius 2 is 2.32 bits per heavy atom. The molecule has 1 aromatic carbocycles. The van der Waals surface area contributed by atoms with Gasteiger partial charge in [-0.15, -0.1) is 0 Å². The summed E-state index contributed by atoms with van der Waals surface area (Å²) >= 11 is 3.63. The average Bonchev–Trinajstić information content (AvgIpc) is 2.46. The highest BCUT2D eigenvalue weighted by Gasteiger charge is 2.14. The van der Waals surface area contributed by atoms with Gasteiger partial charge in [0.1, 0.15) is 5.75 Å². The zero-order chi connectivity index (χ0) is 13.7. The number of ether oxygens (including phenoxy) is 1. The number of hydrogen-bond donors (Lipinski definition) is 1. The van der Waals surface area contributed by atoms with Gasteiger partial charge in [-0.05, 0) is 65.4 Å². The van der Waals surface area contributed by atoms with E-state index in [-0.39, 0.29) is 0 Å². The summed E-state index contributed by atoms with van der Waals surface area (Å²) < 4.78 is 7.04. The Morgan fingerprint density at radius 3 is 2.95 bits per heavy atom. The van der Waals surface area contributed by atoms with E-state index in [4.69, 9.17) is 4.74 Å². The van der Waals surface area contributed by atoms with Gasteiger partial charge in [0.2, 0.25) is 0 Å². The highest BCUT2D eigenvalue weighted by Crippen LogP contribution is 2.30. The fraction of sp³-hybridized carbons (Fsp3) is 0.625. The lowest BCUT2D eigenvalue weighted by Crippen LogP contribution is -2.33. The van der Waals surface area contributed by atoms with Crippen LogP contribution in [0.25, 0.3) is 0 Å². The summed E-state index contributed by atoms with van der Waals surface area (Å²) in [7, 11) is 0. The maximum atomic E-state index is 5.96. The van der Waals surface area contributed by atoms with Crippen molar-refractivity contribution in [2.75, 3.05) is 19.7 Å². The topological polar surface area (TPSA) is 21.3 Å².